The first kappa shape index (κ1) is 13.4. The van der Waals surface area contributed by atoms with Gasteiger partial charge in [0.05, 0.1) is 0 Å². The average Bonchev–Trinajstić information content (AvgIpc) is 3.14. The Bertz CT molecular complexity index is 217. The Labute approximate surface area is 107 Å². The van der Waals surface area contributed by atoms with Gasteiger partial charge in [0.1, 0.15) is 0 Å². The van der Waals surface area contributed by atoms with Gasteiger partial charge in [0.2, 0.25) is 0 Å². The molecule has 17 heavy (non-hydrogen) atoms. The van der Waals surface area contributed by atoms with E-state index in [1.165, 1.54) is 51.7 Å². The van der Waals surface area contributed by atoms with Crippen molar-refractivity contribution in [3.8, 4) is 0 Å². The third-order valence-corrected chi connectivity index (χ3v) is 4.54. The molecule has 2 unspecified atom stereocenters. The van der Waals surface area contributed by atoms with E-state index in [1.807, 2.05) is 0 Å². The summed E-state index contributed by atoms with van der Waals surface area (Å²) in [5.41, 5.74) is 0. The Morgan fingerprint density at radius 2 is 2.00 bits per heavy atom. The summed E-state index contributed by atoms with van der Waals surface area (Å²) >= 11 is 0. The predicted molar refractivity (Wildman–Crippen MR) is 74.2 cm³/mol. The minimum atomic E-state index is 0.711. The first-order valence-electron chi connectivity index (χ1n) is 7.68. The highest BCUT2D eigenvalue weighted by molar-refractivity contribution is 4.90. The van der Waals surface area contributed by atoms with E-state index in [4.69, 9.17) is 0 Å². The maximum atomic E-state index is 3.55. The van der Waals surface area contributed by atoms with Gasteiger partial charge in [0, 0.05) is 18.6 Å². The molecule has 0 aromatic carbocycles. The number of hydrogen-bond acceptors (Lipinski definition) is 2. The molecule has 1 saturated heterocycles. The molecule has 1 aliphatic carbocycles. The number of rotatable bonds is 6. The molecule has 0 amide bonds. The monoisotopic (exact) mass is 238 g/mol. The van der Waals surface area contributed by atoms with Gasteiger partial charge in [-0.2, -0.15) is 0 Å². The van der Waals surface area contributed by atoms with Crippen LogP contribution in [0.5, 0.6) is 0 Å². The molecule has 1 heterocycles. The van der Waals surface area contributed by atoms with E-state index >= 15 is 0 Å². The van der Waals surface area contributed by atoms with Crippen LogP contribution in [0, 0.1) is 11.8 Å². The smallest absolute Gasteiger partial charge is 0.0124 e. The van der Waals surface area contributed by atoms with Crippen LogP contribution in [0.25, 0.3) is 0 Å². The molecule has 0 aromatic rings. The van der Waals surface area contributed by atoms with Gasteiger partial charge in [-0.25, -0.2) is 0 Å². The topological polar surface area (TPSA) is 15.3 Å². The summed E-state index contributed by atoms with van der Waals surface area (Å²) in [4.78, 5) is 2.80. The van der Waals surface area contributed by atoms with Gasteiger partial charge < -0.3 is 5.32 Å². The Balaban J connectivity index is 1.90. The second-order valence-electron chi connectivity index (χ2n) is 6.32. The molecule has 0 bridgehead atoms. The molecule has 2 atom stereocenters. The van der Waals surface area contributed by atoms with Gasteiger partial charge in [-0.1, -0.05) is 6.92 Å². The van der Waals surface area contributed by atoms with Gasteiger partial charge in [-0.05, 0) is 70.9 Å². The molecule has 2 nitrogen and oxygen atoms in total. The zero-order valence-corrected chi connectivity index (χ0v) is 11.9. The normalized spacial score (nSPS) is 27.7. The molecule has 0 spiro atoms. The summed E-state index contributed by atoms with van der Waals surface area (Å²) in [6.45, 7) is 10.9. The molecule has 2 heteroatoms. The summed E-state index contributed by atoms with van der Waals surface area (Å²) in [5.74, 6) is 1.90. The molecular weight excluding hydrogens is 208 g/mol. The molecule has 0 aromatic heterocycles. The standard InChI is InChI=1S/C15H30N2/c1-4-15(14-7-8-14)17(12(2)3)11-13-6-5-9-16-10-13/h12-16H,4-11H2,1-3H3. The molecule has 1 aliphatic heterocycles. The zero-order chi connectivity index (χ0) is 12.3. The highest BCUT2D eigenvalue weighted by Gasteiger charge is 2.35. The number of hydrogen-bond donors (Lipinski definition) is 1. The molecule has 0 radical (unpaired) electrons. The molecule has 100 valence electrons. The molecule has 2 rings (SSSR count). The van der Waals surface area contributed by atoms with Crippen LogP contribution in [0.3, 0.4) is 0 Å². The van der Waals surface area contributed by atoms with Crippen molar-refractivity contribution in [3.63, 3.8) is 0 Å². The molecule has 2 aliphatic rings. The highest BCUT2D eigenvalue weighted by atomic mass is 15.2. The summed E-state index contributed by atoms with van der Waals surface area (Å²) in [6, 6.07) is 1.57. The first-order valence-corrected chi connectivity index (χ1v) is 7.68. The molecule has 1 saturated carbocycles. The van der Waals surface area contributed by atoms with E-state index in [-0.39, 0.29) is 0 Å². The largest absolute Gasteiger partial charge is 0.316 e. The summed E-state index contributed by atoms with van der Waals surface area (Å²) in [7, 11) is 0. The van der Waals surface area contributed by atoms with Gasteiger partial charge in [-0.15, -0.1) is 0 Å². The van der Waals surface area contributed by atoms with Crippen LogP contribution in [0.2, 0.25) is 0 Å². The zero-order valence-electron chi connectivity index (χ0n) is 11.9. The van der Waals surface area contributed by atoms with E-state index in [2.05, 4.69) is 31.0 Å². The van der Waals surface area contributed by atoms with E-state index in [0.29, 0.717) is 6.04 Å². The lowest BCUT2D eigenvalue weighted by molar-refractivity contribution is 0.101. The van der Waals surface area contributed by atoms with Crippen LogP contribution in [0.4, 0.5) is 0 Å². The van der Waals surface area contributed by atoms with Crippen LogP contribution >= 0.6 is 0 Å². The second-order valence-corrected chi connectivity index (χ2v) is 6.32. The molecule has 1 N–H and O–H groups in total. The van der Waals surface area contributed by atoms with E-state index in [0.717, 1.165) is 17.9 Å². The van der Waals surface area contributed by atoms with Gasteiger partial charge >= 0.3 is 0 Å². The Morgan fingerprint density at radius 1 is 1.24 bits per heavy atom. The average molecular weight is 238 g/mol. The fraction of sp³-hybridized carbons (Fsp3) is 1.00. The number of nitrogens with one attached hydrogen (secondary N) is 1. The van der Waals surface area contributed by atoms with Gasteiger partial charge in [-0.3, -0.25) is 4.90 Å². The van der Waals surface area contributed by atoms with Crippen LogP contribution in [0.1, 0.15) is 52.9 Å². The van der Waals surface area contributed by atoms with Crippen molar-refractivity contribution in [2.75, 3.05) is 19.6 Å². The minimum absolute atomic E-state index is 0.711. The number of nitrogens with zero attached hydrogens (tertiary/aromatic N) is 1. The van der Waals surface area contributed by atoms with E-state index in [9.17, 15) is 0 Å². The number of piperidine rings is 1. The van der Waals surface area contributed by atoms with E-state index in [1.54, 1.807) is 0 Å². The van der Waals surface area contributed by atoms with E-state index < -0.39 is 0 Å². The second kappa shape index (κ2) is 6.19. The van der Waals surface area contributed by atoms with Crippen LogP contribution in [-0.2, 0) is 0 Å². The Morgan fingerprint density at radius 3 is 2.47 bits per heavy atom. The van der Waals surface area contributed by atoms with Crippen LogP contribution in [-0.4, -0.2) is 36.6 Å². The minimum Gasteiger partial charge on any atom is -0.316 e. The Hall–Kier alpha value is -0.0800. The predicted octanol–water partition coefficient (Wildman–Crippen LogP) is 2.89. The van der Waals surface area contributed by atoms with Crippen molar-refractivity contribution in [3.05, 3.63) is 0 Å². The SMILES string of the molecule is CCC(C1CC1)N(CC1CCCNC1)C(C)C. The lowest BCUT2D eigenvalue weighted by Crippen LogP contribution is -2.47. The summed E-state index contributed by atoms with van der Waals surface area (Å²) in [6.07, 6.45) is 7.09. The van der Waals surface area contributed by atoms with Crippen LogP contribution in [0.15, 0.2) is 0 Å². The third kappa shape index (κ3) is 3.69. The first-order chi connectivity index (χ1) is 8.22. The summed E-state index contributed by atoms with van der Waals surface area (Å²) in [5, 5.41) is 3.55. The van der Waals surface area contributed by atoms with Crippen LogP contribution < -0.4 is 5.32 Å². The lowest BCUT2D eigenvalue weighted by Gasteiger charge is -2.38. The maximum absolute atomic E-state index is 3.55. The van der Waals surface area contributed by atoms with Crippen molar-refractivity contribution in [1.29, 1.82) is 0 Å². The fourth-order valence-corrected chi connectivity index (χ4v) is 3.43. The van der Waals surface area contributed by atoms with Gasteiger partial charge in [0.15, 0.2) is 0 Å². The van der Waals surface area contributed by atoms with Crippen molar-refractivity contribution in [2.45, 2.75) is 65.0 Å². The highest BCUT2D eigenvalue weighted by Crippen LogP contribution is 2.38. The van der Waals surface area contributed by atoms with Crippen molar-refractivity contribution < 1.29 is 0 Å². The van der Waals surface area contributed by atoms with Crippen molar-refractivity contribution in [2.24, 2.45) is 11.8 Å². The lowest BCUT2D eigenvalue weighted by atomic mass is 9.96. The Kier molecular flexibility index (Phi) is 4.87. The quantitative estimate of drug-likeness (QED) is 0.765. The van der Waals surface area contributed by atoms with Crippen molar-refractivity contribution in [1.82, 2.24) is 10.2 Å². The summed E-state index contributed by atoms with van der Waals surface area (Å²) < 4.78 is 0. The van der Waals surface area contributed by atoms with Crippen molar-refractivity contribution >= 4 is 0 Å². The third-order valence-electron chi connectivity index (χ3n) is 4.54. The molecule has 2 fully saturated rings. The fourth-order valence-electron chi connectivity index (χ4n) is 3.43. The molecular formula is C15H30N2. The van der Waals surface area contributed by atoms with Gasteiger partial charge in [0.25, 0.3) is 0 Å². The maximum Gasteiger partial charge on any atom is 0.0124 e.